The second-order valence-electron chi connectivity index (χ2n) is 6.08. The highest BCUT2D eigenvalue weighted by Gasteiger charge is 2.26. The Kier molecular flexibility index (Phi) is 8.40. The van der Waals surface area contributed by atoms with Crippen molar-refractivity contribution in [3.05, 3.63) is 26.5 Å². The Morgan fingerprint density at radius 1 is 1.32 bits per heavy atom. The Morgan fingerprint density at radius 3 is 2.74 bits per heavy atom. The van der Waals surface area contributed by atoms with Crippen LogP contribution in [-0.4, -0.2) is 49.2 Å². The number of fused-ring (bicyclic) bond motifs is 1. The number of nitrogens with zero attached hydrogens (tertiary/aromatic N) is 2. The van der Waals surface area contributed by atoms with Gasteiger partial charge in [-0.1, -0.05) is 23.4 Å². The average Bonchev–Trinajstić information content (AvgIpc) is 3.12. The number of carbonyl (C=O) groups is 1. The second kappa shape index (κ2) is 10.8. The fraction of sp³-hybridized carbons (Fsp3) is 0.350. The molecule has 166 valence electrons. The van der Waals surface area contributed by atoms with Crippen molar-refractivity contribution in [1.82, 2.24) is 15.3 Å². The number of aromatic nitrogens is 2. The van der Waals surface area contributed by atoms with Crippen LogP contribution in [0.15, 0.2) is 21.8 Å². The molecule has 2 heterocycles. The number of carbonyl (C=O) groups excluding carboxylic acids is 1. The van der Waals surface area contributed by atoms with E-state index in [1.54, 1.807) is 19.2 Å². The van der Waals surface area contributed by atoms with E-state index in [1.807, 2.05) is 20.1 Å². The number of benzene rings is 1. The number of methoxy groups -OCH3 is 1. The monoisotopic (exact) mass is 545 g/mol. The van der Waals surface area contributed by atoms with Crippen molar-refractivity contribution in [3.63, 3.8) is 0 Å². The summed E-state index contributed by atoms with van der Waals surface area (Å²) in [5.74, 6) is 0.737. The fourth-order valence-electron chi connectivity index (χ4n) is 2.82. The lowest BCUT2D eigenvalue weighted by molar-refractivity contribution is 0.0231. The topological polar surface area (TPSA) is 82.6 Å². The number of rotatable bonds is 9. The molecule has 0 fully saturated rings. The van der Waals surface area contributed by atoms with Gasteiger partial charge >= 0.3 is 0 Å². The highest BCUT2D eigenvalue weighted by Crippen LogP contribution is 2.45. The maximum Gasteiger partial charge on any atom is 0.265 e. The van der Waals surface area contributed by atoms with Crippen LogP contribution in [0, 0.1) is 0 Å². The van der Waals surface area contributed by atoms with Gasteiger partial charge in [-0.15, -0.1) is 11.3 Å². The van der Waals surface area contributed by atoms with Gasteiger partial charge in [0.15, 0.2) is 17.7 Å². The molecule has 0 aliphatic heterocycles. The van der Waals surface area contributed by atoms with Crippen LogP contribution in [0.1, 0.15) is 23.5 Å². The average molecular weight is 547 g/mol. The maximum atomic E-state index is 12.8. The van der Waals surface area contributed by atoms with Gasteiger partial charge in [-0.3, -0.25) is 4.79 Å². The molecule has 0 bridgehead atoms. The Bertz CT molecular complexity index is 1110. The van der Waals surface area contributed by atoms with Crippen LogP contribution in [0.5, 0.6) is 11.5 Å². The standard InChI is InChI=1S/C20H21BrClN3O4S2/c1-5-23-18(26)17-16(29-9-28-6-2)14-15(24-20(30-4)25-19(14)31-17)10-7-13(27-3)11(21)8-12(10)22/h7-8H,5-6,9H2,1-4H3,(H,23,26). The van der Waals surface area contributed by atoms with Crippen LogP contribution < -0.4 is 14.8 Å². The minimum absolute atomic E-state index is 0.00412. The van der Waals surface area contributed by atoms with Crippen molar-refractivity contribution in [2.75, 3.05) is 33.3 Å². The van der Waals surface area contributed by atoms with Gasteiger partial charge in [0.1, 0.15) is 15.5 Å². The van der Waals surface area contributed by atoms with E-state index in [4.69, 9.17) is 30.8 Å². The number of ether oxygens (including phenoxy) is 3. The van der Waals surface area contributed by atoms with E-state index in [0.29, 0.717) is 61.2 Å². The quantitative estimate of drug-likeness (QED) is 0.161. The van der Waals surface area contributed by atoms with Gasteiger partial charge in [-0.25, -0.2) is 9.97 Å². The molecule has 3 rings (SSSR count). The first-order chi connectivity index (χ1) is 14.9. The highest BCUT2D eigenvalue weighted by molar-refractivity contribution is 9.10. The molecule has 0 atom stereocenters. The lowest BCUT2D eigenvalue weighted by Gasteiger charge is -2.13. The molecular weight excluding hydrogens is 526 g/mol. The minimum Gasteiger partial charge on any atom is -0.496 e. The Hall–Kier alpha value is -1.59. The van der Waals surface area contributed by atoms with Crippen molar-refractivity contribution < 1.29 is 19.0 Å². The van der Waals surface area contributed by atoms with Crippen LogP contribution >= 0.6 is 50.6 Å². The summed E-state index contributed by atoms with van der Waals surface area (Å²) in [5, 5.41) is 4.46. The molecule has 2 aromatic heterocycles. The molecule has 31 heavy (non-hydrogen) atoms. The zero-order chi connectivity index (χ0) is 22.5. The Labute approximate surface area is 202 Å². The lowest BCUT2D eigenvalue weighted by atomic mass is 10.1. The van der Waals surface area contributed by atoms with Gasteiger partial charge in [-0.05, 0) is 48.2 Å². The molecule has 1 N–H and O–H groups in total. The smallest absolute Gasteiger partial charge is 0.265 e. The third-order valence-electron chi connectivity index (χ3n) is 4.20. The minimum atomic E-state index is -0.242. The van der Waals surface area contributed by atoms with E-state index < -0.39 is 0 Å². The first-order valence-electron chi connectivity index (χ1n) is 9.35. The molecule has 1 aromatic carbocycles. The summed E-state index contributed by atoms with van der Waals surface area (Å²) in [4.78, 5) is 23.1. The SMILES string of the molecule is CCNC(=O)c1sc2nc(SC)nc(-c3cc(OC)c(Br)cc3Cl)c2c1OCOCC. The summed E-state index contributed by atoms with van der Waals surface area (Å²) in [6.45, 7) is 4.69. The van der Waals surface area contributed by atoms with E-state index in [2.05, 4.69) is 26.2 Å². The predicted octanol–water partition coefficient (Wildman–Crippen LogP) is 5.63. The molecule has 0 radical (unpaired) electrons. The van der Waals surface area contributed by atoms with Crippen LogP contribution in [0.25, 0.3) is 21.5 Å². The van der Waals surface area contributed by atoms with Gasteiger partial charge in [0, 0.05) is 18.7 Å². The third kappa shape index (κ3) is 5.09. The van der Waals surface area contributed by atoms with Crippen LogP contribution in [0.2, 0.25) is 5.02 Å². The van der Waals surface area contributed by atoms with Crippen LogP contribution in [0.3, 0.4) is 0 Å². The van der Waals surface area contributed by atoms with E-state index in [9.17, 15) is 4.79 Å². The summed E-state index contributed by atoms with van der Waals surface area (Å²) in [6.07, 6.45) is 1.89. The number of halogens is 2. The molecule has 0 unspecified atom stereocenters. The number of amides is 1. The zero-order valence-electron chi connectivity index (χ0n) is 17.4. The normalized spacial score (nSPS) is 11.0. The number of hydrogen-bond donors (Lipinski definition) is 1. The van der Waals surface area contributed by atoms with E-state index >= 15 is 0 Å². The van der Waals surface area contributed by atoms with E-state index in [1.165, 1.54) is 23.1 Å². The summed E-state index contributed by atoms with van der Waals surface area (Å²) in [5.41, 5.74) is 1.20. The molecule has 3 aromatic rings. The number of thioether (sulfide) groups is 1. The molecule has 0 saturated heterocycles. The Balaban J connectivity index is 2.33. The second-order valence-corrected chi connectivity index (χ2v) is 9.11. The molecule has 0 aliphatic carbocycles. The number of thiophene rings is 1. The fourth-order valence-corrected chi connectivity index (χ4v) is 5.17. The maximum absolute atomic E-state index is 12.8. The van der Waals surface area contributed by atoms with Crippen LogP contribution in [-0.2, 0) is 4.74 Å². The third-order valence-corrected chi connectivity index (χ3v) is 6.74. The Morgan fingerprint density at radius 2 is 2.10 bits per heavy atom. The summed E-state index contributed by atoms with van der Waals surface area (Å²) >= 11 is 12.7. The summed E-state index contributed by atoms with van der Waals surface area (Å²) < 4.78 is 17.5. The van der Waals surface area contributed by atoms with Crippen molar-refractivity contribution in [2.24, 2.45) is 0 Å². The molecule has 11 heteroatoms. The van der Waals surface area contributed by atoms with Gasteiger partial charge in [0.05, 0.1) is 27.7 Å². The largest absolute Gasteiger partial charge is 0.496 e. The van der Waals surface area contributed by atoms with Gasteiger partial charge in [0.25, 0.3) is 5.91 Å². The van der Waals surface area contributed by atoms with Gasteiger partial charge in [-0.2, -0.15) is 0 Å². The molecule has 0 spiro atoms. The van der Waals surface area contributed by atoms with Gasteiger partial charge in [0.2, 0.25) is 0 Å². The molecule has 7 nitrogen and oxygen atoms in total. The zero-order valence-corrected chi connectivity index (χ0v) is 21.4. The first kappa shape index (κ1) is 24.1. The van der Waals surface area contributed by atoms with E-state index in [0.717, 1.165) is 4.47 Å². The number of nitrogens with one attached hydrogen (secondary N) is 1. The summed E-state index contributed by atoms with van der Waals surface area (Å²) in [6, 6.07) is 3.55. The number of hydrogen-bond acceptors (Lipinski definition) is 8. The first-order valence-corrected chi connectivity index (χ1v) is 12.6. The van der Waals surface area contributed by atoms with Crippen molar-refractivity contribution in [3.8, 4) is 22.8 Å². The molecule has 1 amide bonds. The lowest BCUT2D eigenvalue weighted by Crippen LogP contribution is -2.22. The molecule has 0 aliphatic rings. The van der Waals surface area contributed by atoms with E-state index in [-0.39, 0.29) is 12.7 Å². The van der Waals surface area contributed by atoms with Crippen molar-refractivity contribution >= 4 is 66.8 Å². The highest BCUT2D eigenvalue weighted by atomic mass is 79.9. The summed E-state index contributed by atoms with van der Waals surface area (Å²) in [7, 11) is 1.58. The van der Waals surface area contributed by atoms with Crippen LogP contribution in [0.4, 0.5) is 0 Å². The molecular formula is C20H21BrClN3O4S2. The van der Waals surface area contributed by atoms with Crippen molar-refractivity contribution in [1.29, 1.82) is 0 Å². The predicted molar refractivity (Wildman–Crippen MR) is 129 cm³/mol. The van der Waals surface area contributed by atoms with Crippen molar-refractivity contribution in [2.45, 2.75) is 19.0 Å². The molecule has 0 saturated carbocycles. The van der Waals surface area contributed by atoms with Gasteiger partial charge < -0.3 is 19.5 Å².